The molecule has 0 fully saturated rings. The molecule has 0 atom stereocenters. The number of hydrogen-bond donors (Lipinski definition) is 0. The van der Waals surface area contributed by atoms with E-state index >= 15 is 0 Å². The number of anilines is 6. The fourth-order valence-electron chi connectivity index (χ4n) is 20.0. The highest BCUT2D eigenvalue weighted by molar-refractivity contribution is 6.17. The molecule has 20 aromatic carbocycles. The number of fused-ring (bicyclic) bond motifs is 18. The Kier molecular flexibility index (Phi) is 15.6. The van der Waals surface area contributed by atoms with E-state index < -0.39 is 0 Å². The van der Waals surface area contributed by atoms with Crippen molar-refractivity contribution in [3.63, 3.8) is 0 Å². The lowest BCUT2D eigenvalue weighted by atomic mass is 9.78. The standard InChI is InChI=1S/C115H75N3O2/c1-115(2)103-43-21-17-39-92(103)102-66-80(65-101(114(102)115)74-49-54-81(55-50-74)116(82-56-61-97-95-42-20-26-48-110(95)119-112(97)70-82)108-67-78(52-58-86(108)72-27-5-3-6-28-72)99-63-76-31-9-11-33-84(76)88-35-13-15-37-90(88)99)75-51-60-96-98-62-57-83(71-113(98)120-111(96)69-75)117(106-46-24-25-47-107(106)118-104-44-22-18-40-93(104)94-41-19-23-45-105(94)118)109-68-79(53-59-87(109)73-29-7-4-8-30-73)100-64-77-32-10-12-34-85(77)89-36-14-16-38-91(89)100/h3-71H,1-2H3. The first-order valence-electron chi connectivity index (χ1n) is 41.4. The summed E-state index contributed by atoms with van der Waals surface area (Å²) in [5, 5.41) is 16.4. The van der Waals surface area contributed by atoms with E-state index in [4.69, 9.17) is 8.83 Å². The highest BCUT2D eigenvalue weighted by Gasteiger charge is 2.39. The summed E-state index contributed by atoms with van der Waals surface area (Å²) >= 11 is 0. The van der Waals surface area contributed by atoms with Crippen LogP contribution in [-0.2, 0) is 5.41 Å². The molecular formula is C115H75N3O2. The Bertz CT molecular complexity index is 8090. The van der Waals surface area contributed by atoms with Gasteiger partial charge in [-0.15, -0.1) is 0 Å². The van der Waals surface area contributed by atoms with Gasteiger partial charge in [0.25, 0.3) is 0 Å². The van der Waals surface area contributed by atoms with E-state index in [9.17, 15) is 0 Å². The molecule has 0 unspecified atom stereocenters. The van der Waals surface area contributed by atoms with Gasteiger partial charge in [0, 0.05) is 78.1 Å². The molecule has 24 rings (SSSR count). The van der Waals surface area contributed by atoms with Gasteiger partial charge in [0.2, 0.25) is 0 Å². The van der Waals surface area contributed by atoms with Gasteiger partial charge in [-0.1, -0.05) is 305 Å². The smallest absolute Gasteiger partial charge is 0.137 e. The Morgan fingerprint density at radius 1 is 0.217 bits per heavy atom. The Balaban J connectivity index is 0.672. The molecule has 0 radical (unpaired) electrons. The van der Waals surface area contributed by atoms with Crippen molar-refractivity contribution in [2.24, 2.45) is 0 Å². The Morgan fingerprint density at radius 2 is 0.633 bits per heavy atom. The average molecular weight is 1530 g/mol. The van der Waals surface area contributed by atoms with Crippen LogP contribution in [0.25, 0.3) is 192 Å². The normalized spacial score (nSPS) is 12.5. The third kappa shape index (κ3) is 10.9. The third-order valence-electron chi connectivity index (χ3n) is 25.5. The van der Waals surface area contributed by atoms with Crippen molar-refractivity contribution in [1.82, 2.24) is 4.57 Å². The van der Waals surface area contributed by atoms with Crippen LogP contribution in [0.2, 0.25) is 0 Å². The molecule has 0 saturated heterocycles. The maximum absolute atomic E-state index is 7.40. The van der Waals surface area contributed by atoms with Crippen LogP contribution in [0.5, 0.6) is 0 Å². The van der Waals surface area contributed by atoms with Gasteiger partial charge in [0.1, 0.15) is 22.3 Å². The summed E-state index contributed by atoms with van der Waals surface area (Å²) in [6.45, 7) is 4.79. The van der Waals surface area contributed by atoms with E-state index in [2.05, 4.69) is 441 Å². The number of nitrogens with zero attached hydrogens (tertiary/aromatic N) is 3. The van der Waals surface area contributed by atoms with E-state index in [1.807, 2.05) is 6.07 Å². The number of aromatic nitrogens is 1. The quantitative estimate of drug-likeness (QED) is 0.108. The van der Waals surface area contributed by atoms with Crippen molar-refractivity contribution in [2.75, 3.05) is 9.80 Å². The topological polar surface area (TPSA) is 37.7 Å². The fourth-order valence-corrected chi connectivity index (χ4v) is 20.0. The number of para-hydroxylation sites is 5. The molecule has 1 aliphatic rings. The third-order valence-corrected chi connectivity index (χ3v) is 25.5. The summed E-state index contributed by atoms with van der Waals surface area (Å²) in [7, 11) is 0. The van der Waals surface area contributed by atoms with Crippen LogP contribution >= 0.6 is 0 Å². The maximum Gasteiger partial charge on any atom is 0.137 e. The van der Waals surface area contributed by atoms with Crippen LogP contribution in [0.15, 0.2) is 427 Å². The van der Waals surface area contributed by atoms with Crippen molar-refractivity contribution in [2.45, 2.75) is 19.3 Å². The molecule has 0 saturated carbocycles. The van der Waals surface area contributed by atoms with Crippen molar-refractivity contribution >= 4 is 143 Å². The zero-order valence-electron chi connectivity index (χ0n) is 66.0. The van der Waals surface area contributed by atoms with Crippen LogP contribution in [0.3, 0.4) is 0 Å². The highest BCUT2D eigenvalue weighted by atomic mass is 16.3. The minimum atomic E-state index is -0.323. The lowest BCUT2D eigenvalue weighted by Gasteiger charge is -2.31. The summed E-state index contributed by atoms with van der Waals surface area (Å²) in [5.41, 5.74) is 30.9. The van der Waals surface area contributed by atoms with Gasteiger partial charge in [-0.25, -0.2) is 0 Å². The Labute approximate surface area is 694 Å². The summed E-state index contributed by atoms with van der Waals surface area (Å²) in [5.74, 6) is 0. The van der Waals surface area contributed by atoms with E-state index in [0.29, 0.717) is 0 Å². The fraction of sp³-hybridized carbons (Fsp3) is 0.0261. The van der Waals surface area contributed by atoms with E-state index in [1.165, 1.54) is 92.8 Å². The minimum absolute atomic E-state index is 0.323. The molecule has 3 aromatic heterocycles. The molecule has 3 heterocycles. The summed E-state index contributed by atoms with van der Waals surface area (Å²) < 4.78 is 16.6. The average Bonchev–Trinajstić information content (AvgIpc) is 1.57. The molecule has 0 N–H and O–H groups in total. The molecule has 5 heteroatoms. The SMILES string of the molecule is CC1(C)c2ccccc2-c2cc(-c3ccc4c(c3)oc3cc(N(c5cc(-c6cc7ccccc7c7ccccc67)ccc5-c5ccccc5)c5ccccc5-n5c6ccccc6c6ccccc65)ccc34)cc(-c3ccc(N(c4ccc5c(c4)oc4ccccc45)c4cc(-c5cc6ccccc6c6ccccc56)ccc4-c4ccccc4)cc3)c21. The molecule has 562 valence electrons. The minimum Gasteiger partial charge on any atom is -0.456 e. The van der Waals surface area contributed by atoms with Crippen LogP contribution in [0.4, 0.5) is 34.1 Å². The zero-order chi connectivity index (χ0) is 79.3. The Morgan fingerprint density at radius 3 is 1.24 bits per heavy atom. The van der Waals surface area contributed by atoms with Crippen molar-refractivity contribution in [1.29, 1.82) is 0 Å². The molecule has 1 aliphatic carbocycles. The van der Waals surface area contributed by atoms with Gasteiger partial charge in [-0.2, -0.15) is 0 Å². The van der Waals surface area contributed by atoms with Crippen LogP contribution in [-0.4, -0.2) is 4.57 Å². The number of hydrogen-bond acceptors (Lipinski definition) is 4. The number of furan rings is 2. The number of benzene rings is 20. The molecule has 0 amide bonds. The van der Waals surface area contributed by atoms with Crippen LogP contribution in [0, 0.1) is 0 Å². The number of rotatable bonds is 13. The predicted molar refractivity (Wildman–Crippen MR) is 505 cm³/mol. The van der Waals surface area contributed by atoms with Crippen molar-refractivity contribution in [3.05, 3.63) is 430 Å². The first-order chi connectivity index (χ1) is 59.3. The monoisotopic (exact) mass is 1530 g/mol. The molecule has 0 bridgehead atoms. The van der Waals surface area contributed by atoms with Crippen LogP contribution < -0.4 is 9.80 Å². The van der Waals surface area contributed by atoms with E-state index in [-0.39, 0.29) is 5.41 Å². The largest absolute Gasteiger partial charge is 0.456 e. The van der Waals surface area contributed by atoms with Gasteiger partial charge >= 0.3 is 0 Å². The Hall–Kier alpha value is -15.6. The second-order valence-electron chi connectivity index (χ2n) is 32.5. The molecule has 120 heavy (non-hydrogen) atoms. The van der Waals surface area contributed by atoms with Crippen LogP contribution in [0.1, 0.15) is 25.0 Å². The van der Waals surface area contributed by atoms with Crippen molar-refractivity contribution in [3.8, 4) is 83.6 Å². The summed E-state index contributed by atoms with van der Waals surface area (Å²) in [4.78, 5) is 4.92. The lowest BCUT2D eigenvalue weighted by Crippen LogP contribution is -2.16. The van der Waals surface area contributed by atoms with E-state index in [1.54, 1.807) is 0 Å². The molecule has 0 aliphatic heterocycles. The van der Waals surface area contributed by atoms with Gasteiger partial charge in [-0.3, -0.25) is 0 Å². The second kappa shape index (κ2) is 27.3. The maximum atomic E-state index is 7.40. The zero-order valence-corrected chi connectivity index (χ0v) is 66.0. The van der Waals surface area contributed by atoms with Gasteiger partial charge < -0.3 is 23.2 Å². The molecule has 23 aromatic rings. The lowest BCUT2D eigenvalue weighted by molar-refractivity contribution is 0.662. The highest BCUT2D eigenvalue weighted by Crippen LogP contribution is 2.56. The van der Waals surface area contributed by atoms with Gasteiger partial charge in [0.15, 0.2) is 0 Å². The van der Waals surface area contributed by atoms with Gasteiger partial charge in [0.05, 0.1) is 33.8 Å². The van der Waals surface area contributed by atoms with Gasteiger partial charge in [-0.05, 0) is 236 Å². The first kappa shape index (κ1) is 68.8. The van der Waals surface area contributed by atoms with Crippen molar-refractivity contribution < 1.29 is 8.83 Å². The first-order valence-corrected chi connectivity index (χ1v) is 41.4. The predicted octanol–water partition coefficient (Wildman–Crippen LogP) is 32.4. The molecule has 0 spiro atoms. The summed E-state index contributed by atoms with van der Waals surface area (Å²) in [6, 6.07) is 154. The second-order valence-corrected chi connectivity index (χ2v) is 32.5. The summed E-state index contributed by atoms with van der Waals surface area (Å²) in [6.07, 6.45) is 0. The molecule has 5 nitrogen and oxygen atoms in total. The van der Waals surface area contributed by atoms with E-state index in [0.717, 1.165) is 145 Å². The molecular weight excluding hydrogens is 1460 g/mol.